The average molecular weight is 366 g/mol. The molecule has 1 aliphatic rings. The van der Waals surface area contributed by atoms with Crippen LogP contribution in [0.3, 0.4) is 0 Å². The van der Waals surface area contributed by atoms with E-state index in [0.29, 0.717) is 27.6 Å². The number of rotatable bonds is 5. The minimum absolute atomic E-state index is 0.0459. The largest absolute Gasteiger partial charge is 0.346 e. The van der Waals surface area contributed by atoms with E-state index in [1.54, 1.807) is 30.6 Å². The van der Waals surface area contributed by atoms with Gasteiger partial charge in [0.25, 0.3) is 5.91 Å². The van der Waals surface area contributed by atoms with Gasteiger partial charge in [-0.15, -0.1) is 11.3 Å². The smallest absolute Gasteiger partial charge is 0.261 e. The van der Waals surface area contributed by atoms with Crippen LogP contribution in [0.4, 0.5) is 5.95 Å². The van der Waals surface area contributed by atoms with Crippen LogP contribution in [-0.2, 0) is 0 Å². The van der Waals surface area contributed by atoms with Crippen LogP contribution in [0.1, 0.15) is 9.67 Å². The molecule has 2 unspecified atom stereocenters. The van der Waals surface area contributed by atoms with Crippen molar-refractivity contribution in [2.24, 2.45) is 5.92 Å². The standard InChI is InChI=1S/C16H20ClN5OS/c1-21(2)8-11-9-22(16-18-6-3-7-19-16)10-12(11)20-15(23)13-4-5-14(17)24-13/h3-7,11-12H,8-10H2,1-2H3,(H,20,23). The first-order valence-corrected chi connectivity index (χ1v) is 8.95. The number of nitrogens with zero attached hydrogens (tertiary/aromatic N) is 4. The van der Waals surface area contributed by atoms with E-state index in [2.05, 4.69) is 25.1 Å². The summed E-state index contributed by atoms with van der Waals surface area (Å²) in [6.07, 6.45) is 3.48. The molecule has 2 aromatic heterocycles. The van der Waals surface area contributed by atoms with Gasteiger partial charge in [-0.1, -0.05) is 11.6 Å². The molecule has 128 valence electrons. The highest BCUT2D eigenvalue weighted by Gasteiger charge is 2.35. The Morgan fingerprint density at radius 3 is 2.75 bits per heavy atom. The van der Waals surface area contributed by atoms with Crippen molar-refractivity contribution in [3.05, 3.63) is 39.8 Å². The molecule has 1 amide bonds. The fourth-order valence-corrected chi connectivity index (χ4v) is 3.93. The van der Waals surface area contributed by atoms with Crippen molar-refractivity contribution in [2.45, 2.75) is 6.04 Å². The van der Waals surface area contributed by atoms with Gasteiger partial charge >= 0.3 is 0 Å². The zero-order valence-electron chi connectivity index (χ0n) is 13.6. The minimum atomic E-state index is -0.0727. The van der Waals surface area contributed by atoms with Gasteiger partial charge in [0, 0.05) is 37.9 Å². The van der Waals surface area contributed by atoms with Crippen LogP contribution in [0.25, 0.3) is 0 Å². The van der Waals surface area contributed by atoms with Crippen LogP contribution in [0, 0.1) is 5.92 Å². The van der Waals surface area contributed by atoms with E-state index in [4.69, 9.17) is 11.6 Å². The summed E-state index contributed by atoms with van der Waals surface area (Å²) in [7, 11) is 4.08. The van der Waals surface area contributed by atoms with Gasteiger partial charge in [-0.05, 0) is 32.3 Å². The first-order valence-electron chi connectivity index (χ1n) is 7.76. The van der Waals surface area contributed by atoms with Crippen LogP contribution in [0.15, 0.2) is 30.6 Å². The van der Waals surface area contributed by atoms with Gasteiger partial charge in [0.2, 0.25) is 5.95 Å². The Bertz CT molecular complexity index is 693. The quantitative estimate of drug-likeness (QED) is 0.878. The molecule has 2 aromatic rings. The second kappa shape index (κ2) is 7.46. The third-order valence-corrected chi connectivity index (χ3v) is 5.22. The van der Waals surface area contributed by atoms with Crippen molar-refractivity contribution in [3.63, 3.8) is 0 Å². The first-order chi connectivity index (χ1) is 11.5. The molecule has 3 heterocycles. The topological polar surface area (TPSA) is 61.4 Å². The van der Waals surface area contributed by atoms with Gasteiger partial charge < -0.3 is 15.1 Å². The van der Waals surface area contributed by atoms with Gasteiger partial charge in [-0.2, -0.15) is 0 Å². The van der Waals surface area contributed by atoms with Crippen LogP contribution in [0.5, 0.6) is 0 Å². The highest BCUT2D eigenvalue weighted by molar-refractivity contribution is 7.18. The number of thiophene rings is 1. The highest BCUT2D eigenvalue weighted by Crippen LogP contribution is 2.24. The van der Waals surface area contributed by atoms with Crippen LogP contribution in [0.2, 0.25) is 4.34 Å². The number of amides is 1. The lowest BCUT2D eigenvalue weighted by molar-refractivity contribution is 0.0932. The van der Waals surface area contributed by atoms with Crippen LogP contribution < -0.4 is 10.2 Å². The number of anilines is 1. The molecule has 1 aliphatic heterocycles. The summed E-state index contributed by atoms with van der Waals surface area (Å²) in [5.74, 6) is 0.942. The zero-order valence-corrected chi connectivity index (χ0v) is 15.2. The van der Waals surface area contributed by atoms with E-state index >= 15 is 0 Å². The molecule has 24 heavy (non-hydrogen) atoms. The molecule has 8 heteroatoms. The molecular formula is C16H20ClN5OS. The molecule has 0 spiro atoms. The maximum Gasteiger partial charge on any atom is 0.261 e. The van der Waals surface area contributed by atoms with Crippen molar-refractivity contribution in [3.8, 4) is 0 Å². The fourth-order valence-electron chi connectivity index (χ4n) is 2.98. The van der Waals surface area contributed by atoms with Crippen molar-refractivity contribution in [2.75, 3.05) is 38.6 Å². The summed E-state index contributed by atoms with van der Waals surface area (Å²) in [6, 6.07) is 5.36. The normalized spacial score (nSPS) is 20.6. The molecular weight excluding hydrogens is 346 g/mol. The molecule has 0 aromatic carbocycles. The lowest BCUT2D eigenvalue weighted by atomic mass is 10.0. The Morgan fingerprint density at radius 2 is 2.12 bits per heavy atom. The fraction of sp³-hybridized carbons (Fsp3) is 0.438. The summed E-state index contributed by atoms with van der Waals surface area (Å²) in [6.45, 7) is 2.41. The number of nitrogens with one attached hydrogen (secondary N) is 1. The molecule has 1 N–H and O–H groups in total. The average Bonchev–Trinajstić information content (AvgIpc) is 3.15. The van der Waals surface area contributed by atoms with Crippen molar-refractivity contribution in [1.29, 1.82) is 0 Å². The van der Waals surface area contributed by atoms with Gasteiger partial charge in [0.05, 0.1) is 15.3 Å². The second-order valence-electron chi connectivity index (χ2n) is 6.16. The van der Waals surface area contributed by atoms with E-state index < -0.39 is 0 Å². The van der Waals surface area contributed by atoms with Gasteiger partial charge in [0.15, 0.2) is 0 Å². The highest BCUT2D eigenvalue weighted by atomic mass is 35.5. The predicted molar refractivity (Wildman–Crippen MR) is 96.9 cm³/mol. The Hall–Kier alpha value is -1.70. The molecule has 0 saturated carbocycles. The number of hydrogen-bond acceptors (Lipinski definition) is 6. The molecule has 0 aliphatic carbocycles. The number of aromatic nitrogens is 2. The lowest BCUT2D eigenvalue weighted by Crippen LogP contribution is -2.43. The molecule has 6 nitrogen and oxygen atoms in total. The maximum atomic E-state index is 12.5. The monoisotopic (exact) mass is 365 g/mol. The first kappa shape index (κ1) is 17.1. The van der Waals surface area contributed by atoms with Crippen molar-refractivity contribution < 1.29 is 4.79 Å². The number of halogens is 1. The molecule has 3 rings (SSSR count). The summed E-state index contributed by atoms with van der Waals surface area (Å²) in [4.78, 5) is 26.0. The third kappa shape index (κ3) is 4.03. The Kier molecular flexibility index (Phi) is 5.33. The summed E-state index contributed by atoms with van der Waals surface area (Å²) in [5, 5.41) is 3.15. The molecule has 0 bridgehead atoms. The number of hydrogen-bond donors (Lipinski definition) is 1. The number of carbonyl (C=O) groups excluding carboxylic acids is 1. The summed E-state index contributed by atoms with van der Waals surface area (Å²) >= 11 is 7.23. The van der Waals surface area contributed by atoms with E-state index in [1.807, 2.05) is 14.1 Å². The van der Waals surface area contributed by atoms with Gasteiger partial charge in [-0.25, -0.2) is 9.97 Å². The van der Waals surface area contributed by atoms with Crippen LogP contribution in [-0.4, -0.2) is 60.5 Å². The molecule has 1 saturated heterocycles. The van der Waals surface area contributed by atoms with Crippen molar-refractivity contribution in [1.82, 2.24) is 20.2 Å². The van der Waals surface area contributed by atoms with E-state index in [0.717, 1.165) is 13.1 Å². The van der Waals surface area contributed by atoms with E-state index in [-0.39, 0.29) is 11.9 Å². The second-order valence-corrected chi connectivity index (χ2v) is 7.87. The lowest BCUT2D eigenvalue weighted by Gasteiger charge is -2.22. The Morgan fingerprint density at radius 1 is 1.38 bits per heavy atom. The minimum Gasteiger partial charge on any atom is -0.346 e. The van der Waals surface area contributed by atoms with E-state index in [9.17, 15) is 4.79 Å². The Labute approximate surface area is 150 Å². The van der Waals surface area contributed by atoms with Crippen LogP contribution >= 0.6 is 22.9 Å². The Balaban J connectivity index is 1.72. The van der Waals surface area contributed by atoms with Gasteiger partial charge in [0.1, 0.15) is 0 Å². The molecule has 2 atom stereocenters. The number of carbonyl (C=O) groups is 1. The van der Waals surface area contributed by atoms with Crippen molar-refractivity contribution >= 4 is 34.8 Å². The molecule has 1 fully saturated rings. The van der Waals surface area contributed by atoms with E-state index in [1.165, 1.54) is 11.3 Å². The van der Waals surface area contributed by atoms with Gasteiger partial charge in [-0.3, -0.25) is 4.79 Å². The summed E-state index contributed by atoms with van der Waals surface area (Å²) < 4.78 is 0.621. The third-order valence-electron chi connectivity index (χ3n) is 3.99. The zero-order chi connectivity index (χ0) is 17.1. The maximum absolute atomic E-state index is 12.5. The SMILES string of the molecule is CN(C)CC1CN(c2ncccn2)CC1NC(=O)c1ccc(Cl)s1. The summed E-state index contributed by atoms with van der Waals surface area (Å²) in [5.41, 5.74) is 0. The predicted octanol–water partition coefficient (Wildman–Crippen LogP) is 1.99. The molecule has 0 radical (unpaired) electrons.